The molecule has 19 heavy (non-hydrogen) atoms. The Bertz CT molecular complexity index is 568. The molecular weight excluding hydrogens is 261 g/mol. The Morgan fingerprint density at radius 3 is 2.63 bits per heavy atom. The van der Waals surface area contributed by atoms with Gasteiger partial charge in [0.25, 0.3) is 0 Å². The molecule has 0 bridgehead atoms. The molecule has 0 fully saturated rings. The molecule has 2 aromatic rings. The van der Waals surface area contributed by atoms with Gasteiger partial charge in [-0.05, 0) is 55.3 Å². The number of nitrogens with one attached hydrogen (secondary N) is 1. The van der Waals surface area contributed by atoms with E-state index in [9.17, 15) is 4.39 Å². The molecule has 0 amide bonds. The number of hydrogen-bond acceptors (Lipinski definition) is 1. The fraction of sp³-hybridized carbons (Fsp3) is 0.250. The number of halogens is 2. The molecule has 0 aromatic heterocycles. The zero-order valence-corrected chi connectivity index (χ0v) is 11.8. The summed E-state index contributed by atoms with van der Waals surface area (Å²) in [6.45, 7) is 1.99. The van der Waals surface area contributed by atoms with E-state index in [1.54, 1.807) is 6.07 Å². The summed E-state index contributed by atoms with van der Waals surface area (Å²) in [6.07, 6.45) is 0.737. The van der Waals surface area contributed by atoms with Crippen LogP contribution in [0.4, 0.5) is 4.39 Å². The van der Waals surface area contributed by atoms with Crippen molar-refractivity contribution in [3.63, 3.8) is 0 Å². The first kappa shape index (κ1) is 14.0. The lowest BCUT2D eigenvalue weighted by molar-refractivity contribution is 0.574. The molecule has 0 radical (unpaired) electrons. The summed E-state index contributed by atoms with van der Waals surface area (Å²) >= 11 is 6.18. The van der Waals surface area contributed by atoms with Crippen molar-refractivity contribution in [3.05, 3.63) is 70.0 Å². The van der Waals surface area contributed by atoms with E-state index < -0.39 is 0 Å². The predicted octanol–water partition coefficient (Wildman–Crippen LogP) is 4.29. The van der Waals surface area contributed by atoms with Crippen molar-refractivity contribution in [2.75, 3.05) is 7.05 Å². The molecule has 0 aliphatic rings. The Morgan fingerprint density at radius 2 is 1.95 bits per heavy atom. The third-order valence-corrected chi connectivity index (χ3v) is 3.72. The van der Waals surface area contributed by atoms with Crippen LogP contribution in [-0.4, -0.2) is 7.05 Å². The van der Waals surface area contributed by atoms with E-state index in [2.05, 4.69) is 5.32 Å². The van der Waals surface area contributed by atoms with Gasteiger partial charge in [-0.3, -0.25) is 0 Å². The molecular formula is C16H17ClFN. The molecule has 0 spiro atoms. The van der Waals surface area contributed by atoms with E-state index in [4.69, 9.17) is 11.6 Å². The molecule has 0 saturated carbocycles. The van der Waals surface area contributed by atoms with Crippen molar-refractivity contribution in [2.24, 2.45) is 0 Å². The van der Waals surface area contributed by atoms with Crippen LogP contribution in [0.15, 0.2) is 42.5 Å². The third kappa shape index (κ3) is 3.34. The predicted molar refractivity (Wildman–Crippen MR) is 78.1 cm³/mol. The van der Waals surface area contributed by atoms with Crippen molar-refractivity contribution in [3.8, 4) is 0 Å². The molecule has 1 unspecified atom stereocenters. The minimum absolute atomic E-state index is 0.0515. The van der Waals surface area contributed by atoms with Crippen LogP contribution < -0.4 is 5.32 Å². The van der Waals surface area contributed by atoms with Gasteiger partial charge in [-0.25, -0.2) is 4.39 Å². The van der Waals surface area contributed by atoms with Gasteiger partial charge in [0.05, 0.1) is 0 Å². The average molecular weight is 278 g/mol. The van der Waals surface area contributed by atoms with Gasteiger partial charge in [0.2, 0.25) is 0 Å². The fourth-order valence-electron chi connectivity index (χ4n) is 2.24. The molecule has 2 aromatic carbocycles. The van der Waals surface area contributed by atoms with Crippen LogP contribution in [0.2, 0.25) is 5.02 Å². The van der Waals surface area contributed by atoms with Crippen LogP contribution in [0, 0.1) is 12.7 Å². The largest absolute Gasteiger partial charge is 0.313 e. The van der Waals surface area contributed by atoms with Crippen LogP contribution in [-0.2, 0) is 6.42 Å². The van der Waals surface area contributed by atoms with E-state index >= 15 is 0 Å². The highest BCUT2D eigenvalue weighted by Crippen LogP contribution is 2.25. The second kappa shape index (κ2) is 6.18. The molecule has 0 aliphatic heterocycles. The highest BCUT2D eigenvalue weighted by molar-refractivity contribution is 6.31. The summed E-state index contributed by atoms with van der Waals surface area (Å²) in [7, 11) is 1.88. The number of rotatable bonds is 4. The lowest BCUT2D eigenvalue weighted by atomic mass is 9.95. The molecule has 0 heterocycles. The van der Waals surface area contributed by atoms with Gasteiger partial charge in [-0.15, -0.1) is 0 Å². The summed E-state index contributed by atoms with van der Waals surface area (Å²) in [5.74, 6) is -0.208. The van der Waals surface area contributed by atoms with E-state index in [0.29, 0.717) is 0 Å². The summed E-state index contributed by atoms with van der Waals surface area (Å²) in [5.41, 5.74) is 3.11. The highest BCUT2D eigenvalue weighted by atomic mass is 35.5. The lowest BCUT2D eigenvalue weighted by Crippen LogP contribution is -2.20. The second-order valence-electron chi connectivity index (χ2n) is 4.64. The fourth-order valence-corrected chi connectivity index (χ4v) is 2.45. The maximum absolute atomic E-state index is 13.4. The van der Waals surface area contributed by atoms with E-state index in [1.807, 2.05) is 44.3 Å². The van der Waals surface area contributed by atoms with Gasteiger partial charge in [0.1, 0.15) is 5.82 Å². The van der Waals surface area contributed by atoms with Gasteiger partial charge in [-0.2, -0.15) is 0 Å². The van der Waals surface area contributed by atoms with Crippen LogP contribution in [0.5, 0.6) is 0 Å². The molecule has 0 saturated heterocycles. The van der Waals surface area contributed by atoms with Gasteiger partial charge < -0.3 is 5.32 Å². The summed E-state index contributed by atoms with van der Waals surface area (Å²) in [6, 6.07) is 12.7. The molecule has 3 heteroatoms. The third-order valence-electron chi connectivity index (χ3n) is 3.35. The maximum atomic E-state index is 13.4. The number of benzene rings is 2. The van der Waals surface area contributed by atoms with Crippen LogP contribution in [0.25, 0.3) is 0 Å². The summed E-state index contributed by atoms with van der Waals surface area (Å²) in [4.78, 5) is 0. The van der Waals surface area contributed by atoms with E-state index in [-0.39, 0.29) is 11.9 Å². The normalized spacial score (nSPS) is 12.4. The first-order valence-electron chi connectivity index (χ1n) is 6.28. The van der Waals surface area contributed by atoms with Gasteiger partial charge in [0, 0.05) is 11.1 Å². The average Bonchev–Trinajstić information content (AvgIpc) is 2.41. The van der Waals surface area contributed by atoms with Crippen molar-refractivity contribution in [2.45, 2.75) is 19.4 Å². The van der Waals surface area contributed by atoms with Crippen LogP contribution >= 0.6 is 11.6 Å². The number of hydrogen-bond donors (Lipinski definition) is 1. The Morgan fingerprint density at radius 1 is 1.21 bits per heavy atom. The first-order valence-corrected chi connectivity index (χ1v) is 6.66. The topological polar surface area (TPSA) is 12.0 Å². The van der Waals surface area contributed by atoms with Crippen molar-refractivity contribution >= 4 is 11.6 Å². The Balaban J connectivity index is 2.30. The first-order chi connectivity index (χ1) is 9.11. The summed E-state index contributed by atoms with van der Waals surface area (Å²) in [5, 5.41) is 3.98. The van der Waals surface area contributed by atoms with E-state index in [0.717, 1.165) is 28.1 Å². The highest BCUT2D eigenvalue weighted by Gasteiger charge is 2.14. The zero-order valence-electron chi connectivity index (χ0n) is 11.1. The van der Waals surface area contributed by atoms with Crippen LogP contribution in [0.3, 0.4) is 0 Å². The van der Waals surface area contributed by atoms with Gasteiger partial charge >= 0.3 is 0 Å². The quantitative estimate of drug-likeness (QED) is 0.879. The SMILES string of the molecule is CNC(Cc1ccccc1Cl)c1cc(F)ccc1C. The molecule has 1 nitrogen and oxygen atoms in total. The van der Waals surface area contributed by atoms with Crippen LogP contribution in [0.1, 0.15) is 22.7 Å². The molecule has 1 N–H and O–H groups in total. The minimum atomic E-state index is -0.208. The smallest absolute Gasteiger partial charge is 0.123 e. The van der Waals surface area contributed by atoms with E-state index in [1.165, 1.54) is 6.07 Å². The molecule has 1 atom stereocenters. The standard InChI is InChI=1S/C16H17ClFN/c1-11-7-8-13(18)10-14(11)16(19-2)9-12-5-3-4-6-15(12)17/h3-8,10,16,19H,9H2,1-2H3. The lowest BCUT2D eigenvalue weighted by Gasteiger charge is -2.19. The zero-order chi connectivity index (χ0) is 13.8. The minimum Gasteiger partial charge on any atom is -0.313 e. The second-order valence-corrected chi connectivity index (χ2v) is 5.04. The van der Waals surface area contributed by atoms with Crippen molar-refractivity contribution < 1.29 is 4.39 Å². The van der Waals surface area contributed by atoms with Crippen molar-refractivity contribution in [1.29, 1.82) is 0 Å². The Hall–Kier alpha value is -1.38. The van der Waals surface area contributed by atoms with Crippen molar-refractivity contribution in [1.82, 2.24) is 5.32 Å². The summed E-state index contributed by atoms with van der Waals surface area (Å²) < 4.78 is 13.4. The number of aryl methyl sites for hydroxylation is 1. The van der Waals surface area contributed by atoms with Gasteiger partial charge in [-0.1, -0.05) is 35.9 Å². The molecule has 0 aliphatic carbocycles. The maximum Gasteiger partial charge on any atom is 0.123 e. The Kier molecular flexibility index (Phi) is 4.56. The van der Waals surface area contributed by atoms with Gasteiger partial charge in [0.15, 0.2) is 0 Å². The Labute approximate surface area is 118 Å². The number of likely N-dealkylation sites (N-methyl/N-ethyl adjacent to an activating group) is 1. The molecule has 2 rings (SSSR count). The monoisotopic (exact) mass is 277 g/mol. The molecule has 100 valence electrons.